The van der Waals surface area contributed by atoms with E-state index >= 15 is 0 Å². The van der Waals surface area contributed by atoms with Crippen molar-refractivity contribution in [2.75, 3.05) is 18.0 Å². The molecule has 0 radical (unpaired) electrons. The Morgan fingerprint density at radius 1 is 1.21 bits per heavy atom. The molecule has 0 aliphatic heterocycles. The predicted octanol–water partition coefficient (Wildman–Crippen LogP) is 2.21. The minimum absolute atomic E-state index is 0.756. The first-order valence-electron chi connectivity index (χ1n) is 6.53. The monoisotopic (exact) mass is 257 g/mol. The number of anilines is 1. The summed E-state index contributed by atoms with van der Waals surface area (Å²) < 4.78 is 0. The lowest BCUT2D eigenvalue weighted by molar-refractivity contribution is 0.754. The number of tetrazole rings is 1. The summed E-state index contributed by atoms with van der Waals surface area (Å²) in [5.74, 6) is 0.756. The zero-order chi connectivity index (χ0) is 13.3. The molecule has 2 rings (SSSR count). The van der Waals surface area contributed by atoms with Gasteiger partial charge in [-0.25, -0.2) is 0 Å². The number of rotatable bonds is 7. The van der Waals surface area contributed by atoms with E-state index < -0.39 is 0 Å². The second-order valence-corrected chi connectivity index (χ2v) is 4.26. The van der Waals surface area contributed by atoms with Gasteiger partial charge in [0.05, 0.1) is 0 Å². The zero-order valence-electron chi connectivity index (χ0n) is 11.2. The molecule has 1 aromatic heterocycles. The molecule has 100 valence electrons. The highest BCUT2D eigenvalue weighted by atomic mass is 15.5. The molecule has 19 heavy (non-hydrogen) atoms. The lowest BCUT2D eigenvalue weighted by Crippen LogP contribution is -2.27. The molecule has 5 nitrogen and oxygen atoms in total. The van der Waals surface area contributed by atoms with Gasteiger partial charge in [-0.15, -0.1) is 10.2 Å². The Morgan fingerprint density at radius 3 is 2.74 bits per heavy atom. The molecule has 2 aromatic rings. The van der Waals surface area contributed by atoms with Crippen LogP contribution in [0.5, 0.6) is 0 Å². The van der Waals surface area contributed by atoms with E-state index in [1.165, 1.54) is 5.69 Å². The first-order valence-corrected chi connectivity index (χ1v) is 6.53. The fraction of sp³-hybridized carbons (Fsp3) is 0.357. The van der Waals surface area contributed by atoms with E-state index in [1.807, 2.05) is 13.0 Å². The summed E-state index contributed by atoms with van der Waals surface area (Å²) in [6.07, 6.45) is 6.10. The minimum atomic E-state index is 0.756. The van der Waals surface area contributed by atoms with Crippen molar-refractivity contribution in [1.29, 1.82) is 0 Å². The number of hydrogen-bond acceptors (Lipinski definition) is 4. The van der Waals surface area contributed by atoms with Crippen molar-refractivity contribution >= 4 is 5.69 Å². The molecule has 0 saturated carbocycles. The van der Waals surface area contributed by atoms with Crippen molar-refractivity contribution in [2.45, 2.75) is 19.8 Å². The third kappa shape index (κ3) is 4.21. The number of H-pyrrole nitrogens is 1. The maximum Gasteiger partial charge on any atom is 0.176 e. The average molecular weight is 257 g/mol. The Balaban J connectivity index is 1.97. The van der Waals surface area contributed by atoms with Crippen LogP contribution in [0.15, 0.2) is 42.5 Å². The molecular weight excluding hydrogens is 238 g/mol. The van der Waals surface area contributed by atoms with E-state index in [1.54, 1.807) is 0 Å². The van der Waals surface area contributed by atoms with Crippen LogP contribution in [0.4, 0.5) is 5.69 Å². The zero-order valence-corrected chi connectivity index (χ0v) is 11.2. The van der Waals surface area contributed by atoms with E-state index in [0.717, 1.165) is 31.8 Å². The fourth-order valence-corrected chi connectivity index (χ4v) is 1.93. The Kier molecular flexibility index (Phi) is 5.10. The van der Waals surface area contributed by atoms with Crippen LogP contribution in [0.1, 0.15) is 19.2 Å². The van der Waals surface area contributed by atoms with E-state index in [0.29, 0.717) is 0 Å². The molecule has 1 N–H and O–H groups in total. The summed E-state index contributed by atoms with van der Waals surface area (Å²) in [6, 6.07) is 10.4. The van der Waals surface area contributed by atoms with Crippen LogP contribution in [0.3, 0.4) is 0 Å². The van der Waals surface area contributed by atoms with Gasteiger partial charge in [0.1, 0.15) is 0 Å². The lowest BCUT2D eigenvalue weighted by atomic mass is 10.2. The Bertz CT molecular complexity index is 478. The van der Waals surface area contributed by atoms with Crippen molar-refractivity contribution in [1.82, 2.24) is 20.6 Å². The Hall–Kier alpha value is -2.17. The number of nitrogens with zero attached hydrogens (tertiary/aromatic N) is 4. The van der Waals surface area contributed by atoms with Crippen LogP contribution in [0, 0.1) is 0 Å². The van der Waals surface area contributed by atoms with Gasteiger partial charge in [0, 0.05) is 25.2 Å². The van der Waals surface area contributed by atoms with E-state index in [-0.39, 0.29) is 0 Å². The van der Waals surface area contributed by atoms with Gasteiger partial charge in [0.15, 0.2) is 5.82 Å². The molecule has 0 fully saturated rings. The van der Waals surface area contributed by atoms with Gasteiger partial charge in [-0.2, -0.15) is 5.21 Å². The molecule has 0 saturated heterocycles. The molecular formula is C14H19N5. The summed E-state index contributed by atoms with van der Waals surface area (Å²) in [6.45, 7) is 3.93. The summed E-state index contributed by atoms with van der Waals surface area (Å²) >= 11 is 0. The third-order valence-corrected chi connectivity index (χ3v) is 2.92. The number of aromatic nitrogens is 4. The molecule has 0 aliphatic carbocycles. The van der Waals surface area contributed by atoms with Crippen molar-refractivity contribution < 1.29 is 0 Å². The standard InChI is InChI=1S/C14H19N5/c1-2-3-7-11-19(13-8-5-4-6-9-13)12-10-14-15-17-18-16-14/h2-6,8-9H,7,10-12H2,1H3,(H,15,16,17,18)/b3-2+. The van der Waals surface area contributed by atoms with Gasteiger partial charge in [0.2, 0.25) is 0 Å². The smallest absolute Gasteiger partial charge is 0.176 e. The lowest BCUT2D eigenvalue weighted by Gasteiger charge is -2.23. The van der Waals surface area contributed by atoms with E-state index in [9.17, 15) is 0 Å². The highest BCUT2D eigenvalue weighted by molar-refractivity contribution is 5.46. The van der Waals surface area contributed by atoms with Gasteiger partial charge in [-0.05, 0) is 25.5 Å². The molecule has 0 atom stereocenters. The summed E-state index contributed by atoms with van der Waals surface area (Å²) in [5.41, 5.74) is 1.23. The normalized spacial score (nSPS) is 11.0. The second kappa shape index (κ2) is 7.31. The largest absolute Gasteiger partial charge is 0.371 e. The van der Waals surface area contributed by atoms with Crippen molar-refractivity contribution in [2.24, 2.45) is 0 Å². The van der Waals surface area contributed by atoms with Gasteiger partial charge in [-0.1, -0.05) is 35.6 Å². The maximum absolute atomic E-state index is 3.99. The van der Waals surface area contributed by atoms with Crippen LogP contribution < -0.4 is 4.90 Å². The maximum atomic E-state index is 3.99. The summed E-state index contributed by atoms with van der Waals surface area (Å²) in [5, 5.41) is 14.0. The molecule has 5 heteroatoms. The van der Waals surface area contributed by atoms with Crippen LogP contribution in [-0.2, 0) is 6.42 Å². The highest BCUT2D eigenvalue weighted by Crippen LogP contribution is 2.14. The van der Waals surface area contributed by atoms with E-state index in [4.69, 9.17) is 0 Å². The molecule has 0 unspecified atom stereocenters. The van der Waals surface area contributed by atoms with Gasteiger partial charge >= 0.3 is 0 Å². The van der Waals surface area contributed by atoms with E-state index in [2.05, 4.69) is 61.9 Å². The third-order valence-electron chi connectivity index (χ3n) is 2.92. The molecule has 1 aromatic carbocycles. The SMILES string of the molecule is C/C=C/CCN(CCc1nn[nH]n1)c1ccccc1. The number of para-hydroxylation sites is 1. The first kappa shape index (κ1) is 13.3. The van der Waals surface area contributed by atoms with Gasteiger partial charge in [0.25, 0.3) is 0 Å². The number of benzene rings is 1. The van der Waals surface area contributed by atoms with Crippen LogP contribution in [0.2, 0.25) is 0 Å². The minimum Gasteiger partial charge on any atom is -0.371 e. The average Bonchev–Trinajstić information content (AvgIpc) is 2.97. The van der Waals surface area contributed by atoms with Crippen molar-refractivity contribution in [3.8, 4) is 0 Å². The number of hydrogen-bond donors (Lipinski definition) is 1. The number of nitrogens with one attached hydrogen (secondary N) is 1. The van der Waals surface area contributed by atoms with Gasteiger partial charge in [-0.3, -0.25) is 0 Å². The Labute approximate surface area is 113 Å². The quantitative estimate of drug-likeness (QED) is 0.773. The fourth-order valence-electron chi connectivity index (χ4n) is 1.93. The number of allylic oxidation sites excluding steroid dienone is 1. The highest BCUT2D eigenvalue weighted by Gasteiger charge is 2.07. The van der Waals surface area contributed by atoms with Crippen molar-refractivity contribution in [3.05, 3.63) is 48.3 Å². The van der Waals surface area contributed by atoms with Gasteiger partial charge < -0.3 is 4.90 Å². The Morgan fingerprint density at radius 2 is 2.05 bits per heavy atom. The predicted molar refractivity (Wildman–Crippen MR) is 76.0 cm³/mol. The molecule has 0 spiro atoms. The topological polar surface area (TPSA) is 57.7 Å². The molecule has 0 aliphatic rings. The first-order chi connectivity index (χ1) is 9.40. The molecule has 0 amide bonds. The number of aromatic amines is 1. The summed E-state index contributed by atoms with van der Waals surface area (Å²) in [7, 11) is 0. The molecule has 0 bridgehead atoms. The second-order valence-electron chi connectivity index (χ2n) is 4.26. The summed E-state index contributed by atoms with van der Waals surface area (Å²) in [4.78, 5) is 2.34. The van der Waals surface area contributed by atoms with Crippen molar-refractivity contribution in [3.63, 3.8) is 0 Å². The van der Waals surface area contributed by atoms with Crippen LogP contribution >= 0.6 is 0 Å². The molecule has 1 heterocycles. The van der Waals surface area contributed by atoms with Crippen LogP contribution in [-0.4, -0.2) is 33.7 Å². The van der Waals surface area contributed by atoms with Crippen LogP contribution in [0.25, 0.3) is 0 Å².